The molecule has 76 valence electrons. The molecule has 0 unspecified atom stereocenters. The van der Waals surface area contributed by atoms with Crippen LogP contribution in [0.25, 0.3) is 0 Å². The summed E-state index contributed by atoms with van der Waals surface area (Å²) in [5.41, 5.74) is 0. The van der Waals surface area contributed by atoms with Crippen LogP contribution >= 0.6 is 0 Å². The van der Waals surface area contributed by atoms with Gasteiger partial charge in [0.2, 0.25) is 0 Å². The second-order valence-corrected chi connectivity index (χ2v) is 4.11. The summed E-state index contributed by atoms with van der Waals surface area (Å²) in [6.07, 6.45) is -1.02. The SMILES string of the molecule is CO[C@@H]1C[C@@H]2OS(=O)(=O)O[C@@H]2CO1. The van der Waals surface area contributed by atoms with E-state index in [0.29, 0.717) is 6.42 Å². The molecule has 0 amide bonds. The number of hydrogen-bond donors (Lipinski definition) is 0. The highest BCUT2D eigenvalue weighted by atomic mass is 32.3. The summed E-state index contributed by atoms with van der Waals surface area (Å²) >= 11 is 0. The Morgan fingerprint density at radius 3 is 2.69 bits per heavy atom. The third-order valence-electron chi connectivity index (χ3n) is 2.03. The van der Waals surface area contributed by atoms with Gasteiger partial charge in [0, 0.05) is 13.5 Å². The molecule has 0 aromatic heterocycles. The van der Waals surface area contributed by atoms with Gasteiger partial charge >= 0.3 is 10.4 Å². The molecule has 0 aromatic carbocycles. The van der Waals surface area contributed by atoms with Gasteiger partial charge in [-0.05, 0) is 0 Å². The predicted octanol–water partition coefficient (Wildman–Crippen LogP) is -0.592. The van der Waals surface area contributed by atoms with E-state index in [9.17, 15) is 8.42 Å². The third-order valence-corrected chi connectivity index (χ3v) is 3.00. The van der Waals surface area contributed by atoms with Crippen molar-refractivity contribution >= 4 is 10.4 Å². The van der Waals surface area contributed by atoms with Crippen molar-refractivity contribution < 1.29 is 26.3 Å². The van der Waals surface area contributed by atoms with Crippen LogP contribution in [0.4, 0.5) is 0 Å². The highest BCUT2D eigenvalue weighted by molar-refractivity contribution is 7.82. The third kappa shape index (κ3) is 1.84. The molecule has 7 heteroatoms. The maximum Gasteiger partial charge on any atom is 0.400 e. The molecule has 0 bridgehead atoms. The van der Waals surface area contributed by atoms with Crippen molar-refractivity contribution in [3.63, 3.8) is 0 Å². The van der Waals surface area contributed by atoms with Gasteiger partial charge in [0.05, 0.1) is 6.61 Å². The van der Waals surface area contributed by atoms with Crippen molar-refractivity contribution in [2.24, 2.45) is 0 Å². The molecular formula is C6H10O6S. The molecule has 2 rings (SSSR count). The lowest BCUT2D eigenvalue weighted by molar-refractivity contribution is -0.182. The molecule has 3 atom stereocenters. The Balaban J connectivity index is 2.06. The molecule has 2 fully saturated rings. The molecule has 6 nitrogen and oxygen atoms in total. The predicted molar refractivity (Wildman–Crippen MR) is 40.0 cm³/mol. The molecule has 0 aliphatic carbocycles. The molecule has 2 saturated heterocycles. The zero-order valence-corrected chi connectivity index (χ0v) is 7.82. The van der Waals surface area contributed by atoms with E-state index in [4.69, 9.17) is 9.47 Å². The van der Waals surface area contributed by atoms with Gasteiger partial charge in [0.1, 0.15) is 12.2 Å². The van der Waals surface area contributed by atoms with Crippen LogP contribution in [-0.2, 0) is 28.2 Å². The lowest BCUT2D eigenvalue weighted by Crippen LogP contribution is -2.39. The van der Waals surface area contributed by atoms with Gasteiger partial charge in [-0.1, -0.05) is 0 Å². The maximum atomic E-state index is 10.9. The fraction of sp³-hybridized carbons (Fsp3) is 1.00. The number of hydrogen-bond acceptors (Lipinski definition) is 6. The van der Waals surface area contributed by atoms with Crippen molar-refractivity contribution in [3.05, 3.63) is 0 Å². The van der Waals surface area contributed by atoms with Crippen LogP contribution in [0.1, 0.15) is 6.42 Å². The lowest BCUT2D eigenvalue weighted by Gasteiger charge is -2.27. The molecule has 0 saturated carbocycles. The molecule has 2 heterocycles. The van der Waals surface area contributed by atoms with Gasteiger partial charge in [-0.25, -0.2) is 8.37 Å². The first-order valence-electron chi connectivity index (χ1n) is 3.86. The smallest absolute Gasteiger partial charge is 0.356 e. The largest absolute Gasteiger partial charge is 0.400 e. The van der Waals surface area contributed by atoms with Crippen LogP contribution in [0.15, 0.2) is 0 Å². The van der Waals surface area contributed by atoms with Gasteiger partial charge in [-0.3, -0.25) is 0 Å². The highest BCUT2D eigenvalue weighted by Gasteiger charge is 2.44. The van der Waals surface area contributed by atoms with Crippen LogP contribution < -0.4 is 0 Å². The first kappa shape index (κ1) is 9.35. The van der Waals surface area contributed by atoms with Crippen molar-refractivity contribution in [3.8, 4) is 0 Å². The number of methoxy groups -OCH3 is 1. The Labute approximate surface area is 76.0 Å². The fourth-order valence-electron chi connectivity index (χ4n) is 1.40. The van der Waals surface area contributed by atoms with E-state index in [0.717, 1.165) is 0 Å². The topological polar surface area (TPSA) is 71.1 Å². The lowest BCUT2D eigenvalue weighted by atomic mass is 10.1. The average Bonchev–Trinajstić information content (AvgIpc) is 2.36. The van der Waals surface area contributed by atoms with Gasteiger partial charge in [0.15, 0.2) is 6.29 Å². The first-order valence-corrected chi connectivity index (χ1v) is 5.20. The monoisotopic (exact) mass is 210 g/mol. The van der Waals surface area contributed by atoms with Gasteiger partial charge in [-0.2, -0.15) is 8.42 Å². The van der Waals surface area contributed by atoms with Gasteiger partial charge in [0.25, 0.3) is 0 Å². The van der Waals surface area contributed by atoms with E-state index in [-0.39, 0.29) is 6.61 Å². The molecule has 2 aliphatic rings. The minimum Gasteiger partial charge on any atom is -0.356 e. The van der Waals surface area contributed by atoms with E-state index >= 15 is 0 Å². The average molecular weight is 210 g/mol. The molecular weight excluding hydrogens is 200 g/mol. The summed E-state index contributed by atoms with van der Waals surface area (Å²) in [6.45, 7) is 0.183. The van der Waals surface area contributed by atoms with Crippen molar-refractivity contribution in [2.75, 3.05) is 13.7 Å². The van der Waals surface area contributed by atoms with Crippen LogP contribution in [0.5, 0.6) is 0 Å². The quantitative estimate of drug-likeness (QED) is 0.576. The van der Waals surface area contributed by atoms with Gasteiger partial charge < -0.3 is 9.47 Å². The summed E-state index contributed by atoms with van der Waals surface area (Å²) in [5.74, 6) is 0. The normalized spacial score (nSPS) is 43.0. The summed E-state index contributed by atoms with van der Waals surface area (Å²) in [7, 11) is -2.30. The van der Waals surface area contributed by atoms with Gasteiger partial charge in [-0.15, -0.1) is 0 Å². The minimum atomic E-state index is -3.80. The Kier molecular flexibility index (Phi) is 2.28. The molecule has 2 aliphatic heterocycles. The molecule has 0 N–H and O–H groups in total. The second-order valence-electron chi connectivity index (χ2n) is 2.91. The Morgan fingerprint density at radius 1 is 1.31 bits per heavy atom. The number of fused-ring (bicyclic) bond motifs is 1. The van der Waals surface area contributed by atoms with E-state index in [1.807, 2.05) is 0 Å². The summed E-state index contributed by atoms with van der Waals surface area (Å²) in [6, 6.07) is 0. The summed E-state index contributed by atoms with van der Waals surface area (Å²) in [5, 5.41) is 0. The zero-order chi connectivity index (χ0) is 9.47. The van der Waals surface area contributed by atoms with E-state index in [1.165, 1.54) is 7.11 Å². The molecule has 0 radical (unpaired) electrons. The summed E-state index contributed by atoms with van der Waals surface area (Å²) < 4.78 is 41.0. The number of ether oxygens (including phenoxy) is 2. The van der Waals surface area contributed by atoms with Crippen LogP contribution in [0, 0.1) is 0 Å². The van der Waals surface area contributed by atoms with E-state index in [2.05, 4.69) is 8.37 Å². The van der Waals surface area contributed by atoms with Crippen LogP contribution in [0.2, 0.25) is 0 Å². The second kappa shape index (κ2) is 3.18. The molecule has 0 spiro atoms. The Bertz CT molecular complexity index is 285. The maximum absolute atomic E-state index is 10.9. The van der Waals surface area contributed by atoms with E-state index < -0.39 is 28.9 Å². The molecule has 0 aromatic rings. The first-order chi connectivity index (χ1) is 6.11. The van der Waals surface area contributed by atoms with Crippen molar-refractivity contribution in [1.82, 2.24) is 0 Å². The standard InChI is InChI=1S/C6H10O6S/c1-9-6-2-4-5(3-10-6)12-13(7,8)11-4/h4-6H,2-3H2,1H3/t4-,5+,6-/m0/s1. The minimum absolute atomic E-state index is 0.183. The van der Waals surface area contributed by atoms with Crippen molar-refractivity contribution in [1.29, 1.82) is 0 Å². The zero-order valence-electron chi connectivity index (χ0n) is 7.00. The Morgan fingerprint density at radius 2 is 2.00 bits per heavy atom. The summed E-state index contributed by atoms with van der Waals surface area (Å²) in [4.78, 5) is 0. The number of rotatable bonds is 1. The van der Waals surface area contributed by atoms with Crippen molar-refractivity contribution in [2.45, 2.75) is 24.9 Å². The van der Waals surface area contributed by atoms with E-state index in [1.54, 1.807) is 0 Å². The Hall–Kier alpha value is -0.210. The highest BCUT2D eigenvalue weighted by Crippen LogP contribution is 2.29. The molecule has 13 heavy (non-hydrogen) atoms. The van der Waals surface area contributed by atoms with Crippen LogP contribution in [-0.4, -0.2) is 40.6 Å². The fourth-order valence-corrected chi connectivity index (χ4v) is 2.43. The van der Waals surface area contributed by atoms with Crippen LogP contribution in [0.3, 0.4) is 0 Å².